The topological polar surface area (TPSA) is 46.9 Å². The van der Waals surface area contributed by atoms with Gasteiger partial charge in [0.15, 0.2) is 0 Å². The van der Waals surface area contributed by atoms with Gasteiger partial charge in [-0.05, 0) is 51.5 Å². The Bertz CT molecular complexity index is 473. The Morgan fingerprint density at radius 3 is 2.63 bits per heavy atom. The van der Waals surface area contributed by atoms with Crippen LogP contribution in [0.2, 0.25) is 0 Å². The van der Waals surface area contributed by atoms with Crippen LogP contribution in [-0.2, 0) is 6.54 Å². The molecule has 19 heavy (non-hydrogen) atoms. The summed E-state index contributed by atoms with van der Waals surface area (Å²) in [5, 5.41) is 3.57. The van der Waals surface area contributed by atoms with Gasteiger partial charge in [-0.15, -0.1) is 0 Å². The molecule has 1 N–H and O–H groups in total. The number of aryl methyl sites for hydroxylation is 2. The minimum absolute atomic E-state index is 0.128. The number of rotatable bonds is 4. The summed E-state index contributed by atoms with van der Waals surface area (Å²) in [7, 11) is 0. The van der Waals surface area contributed by atoms with E-state index in [1.165, 1.54) is 25.7 Å². The van der Waals surface area contributed by atoms with E-state index in [4.69, 9.17) is 0 Å². The molecule has 1 aromatic heterocycles. The van der Waals surface area contributed by atoms with Crippen molar-refractivity contribution in [1.82, 2.24) is 14.9 Å². The van der Waals surface area contributed by atoms with Crippen LogP contribution in [0.3, 0.4) is 0 Å². The van der Waals surface area contributed by atoms with Crippen LogP contribution < -0.4 is 11.0 Å². The van der Waals surface area contributed by atoms with Gasteiger partial charge in [0.1, 0.15) is 0 Å². The van der Waals surface area contributed by atoms with E-state index in [0.717, 1.165) is 23.9 Å². The van der Waals surface area contributed by atoms with E-state index < -0.39 is 0 Å². The van der Waals surface area contributed by atoms with Crippen LogP contribution in [-0.4, -0.2) is 22.1 Å². The average Bonchev–Trinajstić information content (AvgIpc) is 2.34. The van der Waals surface area contributed by atoms with Gasteiger partial charge in [0.05, 0.1) is 0 Å². The zero-order valence-electron chi connectivity index (χ0n) is 12.3. The maximum absolute atomic E-state index is 11.8. The number of nitrogens with one attached hydrogen (secondary N) is 1. The molecule has 0 unspecified atom stereocenters. The van der Waals surface area contributed by atoms with E-state index in [-0.39, 0.29) is 5.69 Å². The lowest BCUT2D eigenvalue weighted by Gasteiger charge is -2.27. The molecule has 0 radical (unpaired) electrons. The van der Waals surface area contributed by atoms with Gasteiger partial charge in [0, 0.05) is 30.5 Å². The molecule has 1 fully saturated rings. The van der Waals surface area contributed by atoms with Crippen LogP contribution in [0.15, 0.2) is 10.9 Å². The molecule has 1 aliphatic rings. The summed E-state index contributed by atoms with van der Waals surface area (Å²) in [6, 6.07) is 2.59. The molecule has 4 nitrogen and oxygen atoms in total. The van der Waals surface area contributed by atoms with Crippen LogP contribution in [0, 0.1) is 19.8 Å². The monoisotopic (exact) mass is 263 g/mol. The Morgan fingerprint density at radius 1 is 1.32 bits per heavy atom. The van der Waals surface area contributed by atoms with Gasteiger partial charge in [0.25, 0.3) is 0 Å². The van der Waals surface area contributed by atoms with Crippen molar-refractivity contribution in [2.24, 2.45) is 5.92 Å². The van der Waals surface area contributed by atoms with Crippen molar-refractivity contribution in [3.8, 4) is 0 Å². The number of nitrogens with zero attached hydrogens (tertiary/aromatic N) is 2. The fourth-order valence-corrected chi connectivity index (χ4v) is 2.89. The number of hydrogen-bond donors (Lipinski definition) is 1. The fraction of sp³-hybridized carbons (Fsp3) is 0.733. The summed E-state index contributed by atoms with van der Waals surface area (Å²) in [6.07, 6.45) is 5.17. The van der Waals surface area contributed by atoms with E-state index >= 15 is 0 Å². The molecule has 1 saturated carbocycles. The van der Waals surface area contributed by atoms with E-state index in [2.05, 4.69) is 17.2 Å². The van der Waals surface area contributed by atoms with Gasteiger partial charge in [0.2, 0.25) is 0 Å². The summed E-state index contributed by atoms with van der Waals surface area (Å²) in [4.78, 5) is 15.8. The van der Waals surface area contributed by atoms with Gasteiger partial charge in [-0.2, -0.15) is 4.98 Å². The zero-order valence-corrected chi connectivity index (χ0v) is 12.3. The second-order valence-electron chi connectivity index (χ2n) is 5.88. The summed E-state index contributed by atoms with van der Waals surface area (Å²) in [5.41, 5.74) is 1.67. The van der Waals surface area contributed by atoms with Crippen molar-refractivity contribution in [3.05, 3.63) is 27.9 Å². The Kier molecular flexibility index (Phi) is 4.75. The van der Waals surface area contributed by atoms with E-state index in [0.29, 0.717) is 12.6 Å². The van der Waals surface area contributed by atoms with Crippen molar-refractivity contribution in [2.75, 3.05) is 6.54 Å². The zero-order chi connectivity index (χ0) is 13.8. The second-order valence-corrected chi connectivity index (χ2v) is 5.88. The first-order valence-electron chi connectivity index (χ1n) is 7.34. The predicted octanol–water partition coefficient (Wildman–Crippen LogP) is 2.03. The summed E-state index contributed by atoms with van der Waals surface area (Å²) in [5.74, 6) is 0.879. The molecule has 1 aliphatic carbocycles. The summed E-state index contributed by atoms with van der Waals surface area (Å²) >= 11 is 0. The quantitative estimate of drug-likeness (QED) is 0.904. The number of aromatic nitrogens is 2. The largest absolute Gasteiger partial charge is 0.347 e. The lowest BCUT2D eigenvalue weighted by Crippen LogP contribution is -2.37. The summed E-state index contributed by atoms with van der Waals surface area (Å²) in [6.45, 7) is 7.73. The molecule has 1 aromatic rings. The molecular weight excluding hydrogens is 238 g/mol. The molecule has 2 rings (SSSR count). The van der Waals surface area contributed by atoms with E-state index in [9.17, 15) is 4.79 Å². The highest BCUT2D eigenvalue weighted by Crippen LogP contribution is 2.23. The van der Waals surface area contributed by atoms with Gasteiger partial charge in [-0.1, -0.05) is 6.92 Å². The molecule has 0 bridgehead atoms. The van der Waals surface area contributed by atoms with Crippen LogP contribution in [0.4, 0.5) is 0 Å². The lowest BCUT2D eigenvalue weighted by atomic mass is 9.87. The van der Waals surface area contributed by atoms with Crippen molar-refractivity contribution >= 4 is 0 Å². The van der Waals surface area contributed by atoms with Gasteiger partial charge >= 0.3 is 5.69 Å². The first-order chi connectivity index (χ1) is 9.06. The predicted molar refractivity (Wildman–Crippen MR) is 77.4 cm³/mol. The van der Waals surface area contributed by atoms with Crippen molar-refractivity contribution < 1.29 is 0 Å². The normalized spacial score (nSPS) is 23.5. The van der Waals surface area contributed by atoms with E-state index in [1.54, 1.807) is 4.57 Å². The van der Waals surface area contributed by atoms with Crippen LogP contribution in [0.5, 0.6) is 0 Å². The Hall–Kier alpha value is -1.16. The molecule has 0 amide bonds. The van der Waals surface area contributed by atoms with Crippen LogP contribution in [0.1, 0.15) is 44.0 Å². The Labute approximate surface area is 115 Å². The molecule has 1 heterocycles. The van der Waals surface area contributed by atoms with Gasteiger partial charge < -0.3 is 5.32 Å². The third-order valence-electron chi connectivity index (χ3n) is 4.13. The molecule has 0 spiro atoms. The van der Waals surface area contributed by atoms with Crippen molar-refractivity contribution in [2.45, 2.75) is 59.0 Å². The fourth-order valence-electron chi connectivity index (χ4n) is 2.89. The first-order valence-corrected chi connectivity index (χ1v) is 7.34. The Morgan fingerprint density at radius 2 is 2.00 bits per heavy atom. The third-order valence-corrected chi connectivity index (χ3v) is 4.13. The molecule has 4 heteroatoms. The highest BCUT2D eigenvalue weighted by atomic mass is 16.1. The first kappa shape index (κ1) is 14.3. The smallest absolute Gasteiger partial charge is 0.312 e. The highest BCUT2D eigenvalue weighted by molar-refractivity contribution is 5.06. The maximum atomic E-state index is 11.8. The molecule has 106 valence electrons. The maximum Gasteiger partial charge on any atom is 0.347 e. The van der Waals surface area contributed by atoms with Gasteiger partial charge in [-0.25, -0.2) is 4.79 Å². The Balaban J connectivity index is 1.85. The molecule has 0 aromatic carbocycles. The second kappa shape index (κ2) is 6.33. The minimum Gasteiger partial charge on any atom is -0.312 e. The molecule has 0 atom stereocenters. The molecule has 0 saturated heterocycles. The van der Waals surface area contributed by atoms with Crippen molar-refractivity contribution in [3.63, 3.8) is 0 Å². The number of hydrogen-bond acceptors (Lipinski definition) is 3. The lowest BCUT2D eigenvalue weighted by molar-refractivity contribution is 0.304. The van der Waals surface area contributed by atoms with Crippen LogP contribution in [0.25, 0.3) is 0 Å². The standard InChI is InChI=1S/C15H25N3O/c1-11-4-6-14(7-5-11)16-8-9-18-13(3)10-12(2)17-15(18)19/h10-11,14,16H,4-9H2,1-3H3. The van der Waals surface area contributed by atoms with Crippen LogP contribution >= 0.6 is 0 Å². The molecular formula is C15H25N3O. The van der Waals surface area contributed by atoms with E-state index in [1.807, 2.05) is 19.9 Å². The van der Waals surface area contributed by atoms with Gasteiger partial charge in [-0.3, -0.25) is 4.57 Å². The SMILES string of the molecule is Cc1cc(C)n(CCNC2CCC(C)CC2)c(=O)n1. The average molecular weight is 263 g/mol. The minimum atomic E-state index is -0.128. The molecule has 0 aliphatic heterocycles. The summed E-state index contributed by atoms with van der Waals surface area (Å²) < 4.78 is 1.76. The highest BCUT2D eigenvalue weighted by Gasteiger charge is 2.17. The third kappa shape index (κ3) is 3.90. The van der Waals surface area contributed by atoms with Crippen molar-refractivity contribution in [1.29, 1.82) is 0 Å².